The molecule has 4 N–H and O–H groups in total. The van der Waals surface area contributed by atoms with Gasteiger partial charge in [0, 0.05) is 36.3 Å². The Morgan fingerprint density at radius 2 is 1.81 bits per heavy atom. The average Bonchev–Trinajstić information content (AvgIpc) is 3.52. The van der Waals surface area contributed by atoms with E-state index >= 15 is 0 Å². The van der Waals surface area contributed by atoms with Crippen molar-refractivity contribution in [1.82, 2.24) is 31.0 Å². The number of fused-ring (bicyclic) bond motifs is 4. The maximum atomic E-state index is 13.8. The van der Waals surface area contributed by atoms with E-state index in [1.807, 2.05) is 13.8 Å². The van der Waals surface area contributed by atoms with Crippen LogP contribution in [0.4, 0.5) is 0 Å². The number of benzene rings is 2. The maximum Gasteiger partial charge on any atom is 0.275 e. The van der Waals surface area contributed by atoms with Crippen LogP contribution in [0.1, 0.15) is 64.4 Å². The van der Waals surface area contributed by atoms with Crippen LogP contribution in [-0.2, 0) is 33.9 Å². The highest BCUT2D eigenvalue weighted by Crippen LogP contribution is 2.37. The first-order valence-electron chi connectivity index (χ1n) is 16.0. The predicted octanol–water partition coefficient (Wildman–Crippen LogP) is 2.71. The molecule has 2 bridgehead atoms. The molecule has 0 saturated carbocycles. The molecule has 1 aromatic heterocycles. The van der Waals surface area contributed by atoms with Gasteiger partial charge in [-0.25, -0.2) is 0 Å². The van der Waals surface area contributed by atoms with Crippen molar-refractivity contribution in [2.45, 2.75) is 52.3 Å². The minimum atomic E-state index is -0.891. The van der Waals surface area contributed by atoms with Crippen LogP contribution in [0.25, 0.3) is 0 Å². The Hall–Kier alpha value is -5.11. The lowest BCUT2D eigenvalue weighted by atomic mass is 10.0. The molecule has 0 saturated heterocycles. The van der Waals surface area contributed by atoms with Gasteiger partial charge in [-0.3, -0.25) is 24.3 Å². The summed E-state index contributed by atoms with van der Waals surface area (Å²) in [7, 11) is 3.01. The number of rotatable bonds is 4. The molecule has 14 nitrogen and oxygen atoms in total. The van der Waals surface area contributed by atoms with Crippen LogP contribution in [-0.4, -0.2) is 85.2 Å². The first-order chi connectivity index (χ1) is 23.2. The van der Waals surface area contributed by atoms with Crippen molar-refractivity contribution >= 4 is 23.6 Å². The van der Waals surface area contributed by atoms with Gasteiger partial charge in [0.05, 0.1) is 46.1 Å². The minimum absolute atomic E-state index is 0.0106. The topological polar surface area (TPSA) is 173 Å². The van der Waals surface area contributed by atoms with E-state index in [9.17, 15) is 19.2 Å². The second-order valence-electron chi connectivity index (χ2n) is 11.9. The molecule has 0 spiro atoms. The third-order valence-electron chi connectivity index (χ3n) is 8.32. The van der Waals surface area contributed by atoms with E-state index in [0.717, 1.165) is 5.69 Å². The van der Waals surface area contributed by atoms with Crippen LogP contribution >= 0.6 is 0 Å². The Morgan fingerprint density at radius 1 is 1.00 bits per heavy atom. The highest BCUT2D eigenvalue weighted by molar-refractivity contribution is 5.97. The Labute approximate surface area is 278 Å². The molecule has 48 heavy (non-hydrogen) atoms. The zero-order chi connectivity index (χ0) is 34.2. The molecule has 14 heteroatoms. The highest BCUT2D eigenvalue weighted by Gasteiger charge is 2.30. The largest absolute Gasteiger partial charge is 0.496 e. The van der Waals surface area contributed by atoms with Gasteiger partial charge >= 0.3 is 0 Å². The van der Waals surface area contributed by atoms with Crippen molar-refractivity contribution < 1.29 is 38.1 Å². The lowest BCUT2D eigenvalue weighted by Gasteiger charge is -2.26. The molecule has 0 unspecified atom stereocenters. The Balaban J connectivity index is 1.45. The summed E-state index contributed by atoms with van der Waals surface area (Å²) in [6.07, 6.45) is 1.63. The number of aromatic amines is 1. The monoisotopic (exact) mass is 662 g/mol. The van der Waals surface area contributed by atoms with Gasteiger partial charge in [0.25, 0.3) is 11.8 Å². The molecule has 2 aliphatic rings. The van der Waals surface area contributed by atoms with Crippen LogP contribution in [0, 0.1) is 5.92 Å². The number of methoxy groups -OCH3 is 2. The van der Waals surface area contributed by atoms with Gasteiger partial charge in [-0.1, -0.05) is 19.9 Å². The van der Waals surface area contributed by atoms with Gasteiger partial charge in [0.15, 0.2) is 17.2 Å². The number of amides is 4. The molecular formula is C34H42N6O8. The number of ether oxygens (including phenoxy) is 4. The maximum absolute atomic E-state index is 13.8. The molecule has 5 rings (SSSR count). The number of carbonyl (C=O) groups excluding carboxylic acids is 4. The standard InChI is InChI=1S/C34H42N6O8/c1-20(2)30-33(43)36-17-22-25(45-3)8-7-9-26(22)48-28-16-21(10-11-27(28)46-4)32(42)35-13-5-6-14-40(18-29(41)37-30)34(44)31-23-19-47-15-12-24(23)38-39-31/h7-11,16,20,30H,5-6,12-15,17-19H2,1-4H3,(H,35,42)(H,36,43)(H,37,41)(H,38,39)/t30-/m1/s1. The number of hydrogen-bond donors (Lipinski definition) is 4. The number of hydrogen-bond acceptors (Lipinski definition) is 9. The smallest absolute Gasteiger partial charge is 0.275 e. The molecule has 1 atom stereocenters. The van der Waals surface area contributed by atoms with Gasteiger partial charge in [0.2, 0.25) is 11.8 Å². The fraction of sp³-hybridized carbons (Fsp3) is 0.441. The molecule has 4 amide bonds. The summed E-state index contributed by atoms with van der Waals surface area (Å²) in [6.45, 7) is 4.71. The summed E-state index contributed by atoms with van der Waals surface area (Å²) in [6, 6.07) is 9.19. The van der Waals surface area contributed by atoms with Gasteiger partial charge < -0.3 is 39.8 Å². The van der Waals surface area contributed by atoms with E-state index in [0.29, 0.717) is 72.1 Å². The van der Waals surface area contributed by atoms with Crippen molar-refractivity contribution in [3.63, 3.8) is 0 Å². The van der Waals surface area contributed by atoms with Crippen molar-refractivity contribution in [3.05, 3.63) is 64.5 Å². The number of nitrogens with zero attached hydrogens (tertiary/aromatic N) is 2. The molecule has 3 heterocycles. The number of aromatic nitrogens is 2. The van der Waals surface area contributed by atoms with Crippen LogP contribution < -0.4 is 30.2 Å². The van der Waals surface area contributed by atoms with Gasteiger partial charge in [-0.05, 0) is 49.1 Å². The Bertz CT molecular complexity index is 1650. The van der Waals surface area contributed by atoms with Crippen LogP contribution in [0.15, 0.2) is 36.4 Å². The lowest BCUT2D eigenvalue weighted by molar-refractivity contribution is -0.130. The van der Waals surface area contributed by atoms with E-state index in [1.165, 1.54) is 19.1 Å². The zero-order valence-corrected chi connectivity index (χ0v) is 27.6. The summed E-state index contributed by atoms with van der Waals surface area (Å²) in [5, 5.41) is 15.8. The van der Waals surface area contributed by atoms with Crippen LogP contribution in [0.5, 0.6) is 23.0 Å². The van der Waals surface area contributed by atoms with E-state index in [1.54, 1.807) is 36.4 Å². The van der Waals surface area contributed by atoms with Crippen molar-refractivity contribution in [1.29, 1.82) is 0 Å². The molecule has 256 valence electrons. The summed E-state index contributed by atoms with van der Waals surface area (Å²) in [5.74, 6) is -0.362. The predicted molar refractivity (Wildman–Crippen MR) is 174 cm³/mol. The fourth-order valence-corrected chi connectivity index (χ4v) is 5.66. The molecule has 2 aromatic carbocycles. The third-order valence-corrected chi connectivity index (χ3v) is 8.32. The SMILES string of the molecule is COc1ccc2cc1Oc1cccc(OC)c1CNC(=O)[C@@H](C(C)C)NC(=O)CN(C(=O)c1n[nH]c3c1COCC3)CCCCNC2=O. The number of carbonyl (C=O) groups is 4. The normalized spacial score (nSPS) is 18.0. The summed E-state index contributed by atoms with van der Waals surface area (Å²) in [5.41, 5.74) is 2.63. The summed E-state index contributed by atoms with van der Waals surface area (Å²) >= 11 is 0. The van der Waals surface area contributed by atoms with Gasteiger partial charge in [0.1, 0.15) is 17.5 Å². The van der Waals surface area contributed by atoms with E-state index in [4.69, 9.17) is 18.9 Å². The van der Waals surface area contributed by atoms with Gasteiger partial charge in [-0.15, -0.1) is 0 Å². The first kappa shape index (κ1) is 34.2. The quantitative estimate of drug-likeness (QED) is 0.328. The minimum Gasteiger partial charge on any atom is -0.496 e. The van der Waals surface area contributed by atoms with E-state index in [2.05, 4.69) is 26.1 Å². The molecule has 0 radical (unpaired) electrons. The number of H-pyrrole nitrogens is 1. The van der Waals surface area contributed by atoms with Crippen molar-refractivity contribution in [2.75, 3.05) is 40.5 Å². The summed E-state index contributed by atoms with van der Waals surface area (Å²) in [4.78, 5) is 55.3. The zero-order valence-electron chi connectivity index (χ0n) is 27.6. The molecule has 3 aromatic rings. The third kappa shape index (κ3) is 7.88. The summed E-state index contributed by atoms with van der Waals surface area (Å²) < 4.78 is 22.9. The van der Waals surface area contributed by atoms with Crippen LogP contribution in [0.3, 0.4) is 0 Å². The van der Waals surface area contributed by atoms with Gasteiger partial charge in [-0.2, -0.15) is 5.10 Å². The van der Waals surface area contributed by atoms with Crippen LogP contribution in [0.2, 0.25) is 0 Å². The number of nitrogens with one attached hydrogen (secondary N) is 4. The fourth-order valence-electron chi connectivity index (χ4n) is 5.66. The Kier molecular flexibility index (Phi) is 11.2. The second kappa shape index (κ2) is 15.7. The molecule has 0 aliphatic carbocycles. The molecule has 2 aliphatic heterocycles. The van der Waals surface area contributed by atoms with Crippen molar-refractivity contribution in [3.8, 4) is 23.0 Å². The Morgan fingerprint density at radius 3 is 2.58 bits per heavy atom. The molecular weight excluding hydrogens is 620 g/mol. The highest BCUT2D eigenvalue weighted by atomic mass is 16.5. The molecule has 0 fully saturated rings. The first-order valence-corrected chi connectivity index (χ1v) is 16.0. The average molecular weight is 663 g/mol. The van der Waals surface area contributed by atoms with E-state index in [-0.39, 0.29) is 43.8 Å². The van der Waals surface area contributed by atoms with Crippen molar-refractivity contribution in [2.24, 2.45) is 5.92 Å². The second-order valence-corrected chi connectivity index (χ2v) is 11.9. The van der Waals surface area contributed by atoms with E-state index < -0.39 is 23.8 Å². The lowest BCUT2D eigenvalue weighted by Crippen LogP contribution is -2.52.